The zero-order chi connectivity index (χ0) is 14.9. The molecule has 1 unspecified atom stereocenters. The average molecular weight is 297 g/mol. The summed E-state index contributed by atoms with van der Waals surface area (Å²) < 4.78 is 5.49. The topological polar surface area (TPSA) is 42.2 Å². The van der Waals surface area contributed by atoms with Gasteiger partial charge in [-0.1, -0.05) is 35.5 Å². The summed E-state index contributed by atoms with van der Waals surface area (Å²) in [5, 5.41) is 4.15. The van der Waals surface area contributed by atoms with Gasteiger partial charge in [0.2, 0.25) is 5.89 Å². The number of rotatable bonds is 7. The highest BCUT2D eigenvalue weighted by molar-refractivity contribution is 5.18. The molecule has 2 saturated carbocycles. The molecule has 1 aromatic heterocycles. The van der Waals surface area contributed by atoms with E-state index in [4.69, 9.17) is 4.52 Å². The molecule has 2 aromatic rings. The Labute approximate surface area is 131 Å². The van der Waals surface area contributed by atoms with Crippen LogP contribution in [0.2, 0.25) is 0 Å². The SMILES string of the molecule is CC(C1CC1)N(Cc1nc(Cc2ccccc2)no1)C1CC1. The molecule has 0 amide bonds. The molecule has 0 aliphatic heterocycles. The van der Waals surface area contributed by atoms with Gasteiger partial charge < -0.3 is 4.52 Å². The van der Waals surface area contributed by atoms with Crippen LogP contribution in [-0.2, 0) is 13.0 Å². The third-order valence-electron chi connectivity index (χ3n) is 4.88. The summed E-state index contributed by atoms with van der Waals surface area (Å²) >= 11 is 0. The number of benzene rings is 1. The van der Waals surface area contributed by atoms with Gasteiger partial charge in [0.05, 0.1) is 6.54 Å². The standard InChI is InChI=1S/C18H23N3O/c1-13(15-7-8-15)21(16-9-10-16)12-18-19-17(20-22-18)11-14-5-3-2-4-6-14/h2-6,13,15-16H,7-12H2,1H3. The summed E-state index contributed by atoms with van der Waals surface area (Å²) in [5.41, 5.74) is 1.22. The van der Waals surface area contributed by atoms with Gasteiger partial charge in [0.15, 0.2) is 5.82 Å². The first-order chi connectivity index (χ1) is 10.8. The lowest BCUT2D eigenvalue weighted by Crippen LogP contribution is -2.36. The number of aromatic nitrogens is 2. The van der Waals surface area contributed by atoms with Gasteiger partial charge in [0, 0.05) is 18.5 Å². The summed E-state index contributed by atoms with van der Waals surface area (Å²) in [5.74, 6) is 2.44. The van der Waals surface area contributed by atoms with Gasteiger partial charge in [-0.3, -0.25) is 4.90 Å². The van der Waals surface area contributed by atoms with Crippen molar-refractivity contribution in [3.63, 3.8) is 0 Å². The van der Waals surface area contributed by atoms with Crippen molar-refractivity contribution in [1.82, 2.24) is 15.0 Å². The minimum atomic E-state index is 0.650. The highest BCUT2D eigenvalue weighted by Crippen LogP contribution is 2.40. The summed E-state index contributed by atoms with van der Waals surface area (Å²) in [6, 6.07) is 11.7. The normalized spacial score (nSPS) is 19.5. The van der Waals surface area contributed by atoms with Gasteiger partial charge in [0.1, 0.15) is 0 Å². The molecule has 0 spiro atoms. The molecule has 2 aliphatic carbocycles. The molecular formula is C18H23N3O. The minimum Gasteiger partial charge on any atom is -0.338 e. The van der Waals surface area contributed by atoms with Gasteiger partial charge in [-0.15, -0.1) is 0 Å². The lowest BCUT2D eigenvalue weighted by molar-refractivity contribution is 0.149. The van der Waals surface area contributed by atoms with Crippen molar-refractivity contribution in [1.29, 1.82) is 0 Å². The van der Waals surface area contributed by atoms with Crippen LogP contribution in [0.5, 0.6) is 0 Å². The van der Waals surface area contributed by atoms with Crippen LogP contribution in [0.1, 0.15) is 49.9 Å². The van der Waals surface area contributed by atoms with Crippen LogP contribution >= 0.6 is 0 Å². The smallest absolute Gasteiger partial charge is 0.240 e. The van der Waals surface area contributed by atoms with Gasteiger partial charge in [-0.2, -0.15) is 4.98 Å². The van der Waals surface area contributed by atoms with Crippen molar-refractivity contribution in [2.45, 2.75) is 57.7 Å². The Kier molecular flexibility index (Phi) is 3.70. The summed E-state index contributed by atoms with van der Waals surface area (Å²) in [7, 11) is 0. The second kappa shape index (κ2) is 5.84. The lowest BCUT2D eigenvalue weighted by Gasteiger charge is -2.27. The third-order valence-corrected chi connectivity index (χ3v) is 4.88. The predicted molar refractivity (Wildman–Crippen MR) is 84.3 cm³/mol. The Morgan fingerprint density at radius 2 is 1.95 bits per heavy atom. The maximum absolute atomic E-state index is 5.49. The summed E-state index contributed by atoms with van der Waals surface area (Å²) in [6.07, 6.45) is 6.15. The molecular weight excluding hydrogens is 274 g/mol. The second-order valence-electron chi connectivity index (χ2n) is 6.75. The fraction of sp³-hybridized carbons (Fsp3) is 0.556. The molecule has 1 atom stereocenters. The summed E-state index contributed by atoms with van der Waals surface area (Å²) in [4.78, 5) is 7.18. The van der Waals surface area contributed by atoms with Crippen molar-refractivity contribution in [3.05, 3.63) is 47.6 Å². The Morgan fingerprint density at radius 1 is 1.18 bits per heavy atom. The van der Waals surface area contributed by atoms with Crippen molar-refractivity contribution in [2.24, 2.45) is 5.92 Å². The highest BCUT2D eigenvalue weighted by Gasteiger charge is 2.39. The minimum absolute atomic E-state index is 0.650. The van der Waals surface area contributed by atoms with Crippen LogP contribution in [0.15, 0.2) is 34.9 Å². The summed E-state index contributed by atoms with van der Waals surface area (Å²) in [6.45, 7) is 3.17. The largest absolute Gasteiger partial charge is 0.338 e. The van der Waals surface area contributed by atoms with Crippen LogP contribution in [0, 0.1) is 5.92 Å². The Balaban J connectivity index is 1.42. The first-order valence-corrected chi connectivity index (χ1v) is 8.41. The van der Waals surface area contributed by atoms with E-state index in [1.165, 1.54) is 31.2 Å². The molecule has 0 saturated heterocycles. The van der Waals surface area contributed by atoms with Crippen molar-refractivity contribution < 1.29 is 4.52 Å². The highest BCUT2D eigenvalue weighted by atomic mass is 16.5. The van der Waals surface area contributed by atoms with E-state index in [1.807, 2.05) is 18.2 Å². The van der Waals surface area contributed by atoms with E-state index in [9.17, 15) is 0 Å². The van der Waals surface area contributed by atoms with E-state index in [0.29, 0.717) is 6.04 Å². The van der Waals surface area contributed by atoms with Gasteiger partial charge >= 0.3 is 0 Å². The number of hydrogen-bond acceptors (Lipinski definition) is 4. The third kappa shape index (κ3) is 3.22. The molecule has 0 radical (unpaired) electrons. The van der Waals surface area contributed by atoms with Gasteiger partial charge in [-0.25, -0.2) is 0 Å². The van der Waals surface area contributed by atoms with Gasteiger partial charge in [-0.05, 0) is 44.1 Å². The Hall–Kier alpha value is -1.68. The van der Waals surface area contributed by atoms with Crippen LogP contribution in [0.4, 0.5) is 0 Å². The predicted octanol–water partition coefficient (Wildman–Crippen LogP) is 3.42. The monoisotopic (exact) mass is 297 g/mol. The first-order valence-electron chi connectivity index (χ1n) is 8.41. The molecule has 4 rings (SSSR count). The molecule has 116 valence electrons. The van der Waals surface area contributed by atoms with E-state index >= 15 is 0 Å². The Bertz CT molecular complexity index is 616. The van der Waals surface area contributed by atoms with E-state index in [2.05, 4.69) is 34.1 Å². The Morgan fingerprint density at radius 3 is 2.64 bits per heavy atom. The van der Waals surface area contributed by atoms with Gasteiger partial charge in [0.25, 0.3) is 0 Å². The molecule has 0 bridgehead atoms. The van der Waals surface area contributed by atoms with Crippen LogP contribution < -0.4 is 0 Å². The average Bonchev–Trinajstić information content (AvgIpc) is 3.44. The molecule has 4 heteroatoms. The van der Waals surface area contributed by atoms with E-state index < -0.39 is 0 Å². The zero-order valence-electron chi connectivity index (χ0n) is 13.1. The molecule has 1 heterocycles. The fourth-order valence-electron chi connectivity index (χ4n) is 3.22. The molecule has 0 N–H and O–H groups in total. The second-order valence-corrected chi connectivity index (χ2v) is 6.75. The number of hydrogen-bond donors (Lipinski definition) is 0. The van der Waals surface area contributed by atoms with Crippen molar-refractivity contribution in [2.75, 3.05) is 0 Å². The van der Waals surface area contributed by atoms with Crippen LogP contribution in [0.3, 0.4) is 0 Å². The van der Waals surface area contributed by atoms with Crippen molar-refractivity contribution in [3.8, 4) is 0 Å². The molecule has 2 aliphatic rings. The molecule has 2 fully saturated rings. The maximum Gasteiger partial charge on any atom is 0.240 e. The zero-order valence-corrected chi connectivity index (χ0v) is 13.1. The van der Waals surface area contributed by atoms with Crippen molar-refractivity contribution >= 4 is 0 Å². The van der Waals surface area contributed by atoms with E-state index in [0.717, 1.165) is 36.6 Å². The quantitative estimate of drug-likeness (QED) is 0.785. The lowest BCUT2D eigenvalue weighted by atomic mass is 10.1. The van der Waals surface area contributed by atoms with E-state index in [-0.39, 0.29) is 0 Å². The fourth-order valence-corrected chi connectivity index (χ4v) is 3.22. The van der Waals surface area contributed by atoms with Crippen LogP contribution in [-0.4, -0.2) is 27.1 Å². The molecule has 4 nitrogen and oxygen atoms in total. The van der Waals surface area contributed by atoms with Crippen LogP contribution in [0.25, 0.3) is 0 Å². The maximum atomic E-state index is 5.49. The first kappa shape index (κ1) is 13.9. The number of nitrogens with zero attached hydrogens (tertiary/aromatic N) is 3. The molecule has 1 aromatic carbocycles. The molecule has 22 heavy (non-hydrogen) atoms. The van der Waals surface area contributed by atoms with E-state index in [1.54, 1.807) is 0 Å².